The van der Waals surface area contributed by atoms with Gasteiger partial charge in [0.1, 0.15) is 13.2 Å². The van der Waals surface area contributed by atoms with E-state index in [2.05, 4.69) is 71.1 Å². The van der Waals surface area contributed by atoms with Crippen molar-refractivity contribution in [3.05, 3.63) is 97.2 Å². The Morgan fingerprint density at radius 2 is 1.21 bits per heavy atom. The van der Waals surface area contributed by atoms with Gasteiger partial charge in [-0.05, 0) is 58.5 Å². The van der Waals surface area contributed by atoms with E-state index in [0.717, 1.165) is 32.0 Å². The summed E-state index contributed by atoms with van der Waals surface area (Å²) >= 11 is 0. The monoisotopic (exact) mass is 796 g/mol. The Morgan fingerprint density at radius 3 is 1.73 bits per heavy atom. The highest BCUT2D eigenvalue weighted by molar-refractivity contribution is 7.52. The summed E-state index contributed by atoms with van der Waals surface area (Å²) in [6.07, 6.45) is 41.9. The standard InChI is InChI=1S/C43H65N4O8P/c1-46-31-26-38-36-52-42(54-38)27-18-10-4-2-8-16-24-39(48)50-33-22-14-6-12-20-29-43(53-37-56(55-43)35-32-47-41(44)45)30-21-13-7-15-23-34-51-40(49)25-17-9-3-5-11-19-28-42/h2-3,8-15,18-23,38,46H,4-7,16-17,24-37H2,1H3,(H4,44,45,47)/b8-2+,9-3+,18-10+,19-11+,20-12+,21-13+,22-14+,23-15+. The van der Waals surface area contributed by atoms with Crippen LogP contribution < -0.4 is 16.8 Å². The lowest BCUT2D eigenvalue weighted by Gasteiger charge is -2.26. The minimum Gasteiger partial charge on any atom is -0.461 e. The zero-order valence-corrected chi connectivity index (χ0v) is 34.2. The van der Waals surface area contributed by atoms with E-state index in [1.54, 1.807) is 0 Å². The highest BCUT2D eigenvalue weighted by Crippen LogP contribution is 2.51. The van der Waals surface area contributed by atoms with Gasteiger partial charge in [0.05, 0.1) is 27.2 Å². The zero-order chi connectivity index (χ0) is 40.0. The summed E-state index contributed by atoms with van der Waals surface area (Å²) in [7, 11) is 1.12. The number of ether oxygens (including phenoxy) is 5. The molecule has 0 aromatic heterocycles. The van der Waals surface area contributed by atoms with E-state index in [1.165, 1.54) is 0 Å². The van der Waals surface area contributed by atoms with Gasteiger partial charge in [0.15, 0.2) is 17.5 Å². The Bertz CT molecular complexity index is 1340. The van der Waals surface area contributed by atoms with Crippen molar-refractivity contribution in [3.63, 3.8) is 0 Å². The van der Waals surface area contributed by atoms with Crippen molar-refractivity contribution in [2.24, 2.45) is 16.5 Å². The molecular weight excluding hydrogens is 731 g/mol. The highest BCUT2D eigenvalue weighted by Gasteiger charge is 2.40. The maximum absolute atomic E-state index is 12.2. The van der Waals surface area contributed by atoms with Crippen molar-refractivity contribution in [3.8, 4) is 0 Å². The van der Waals surface area contributed by atoms with E-state index in [1.807, 2.05) is 43.5 Å². The van der Waals surface area contributed by atoms with Crippen molar-refractivity contribution >= 4 is 26.0 Å². The third-order valence-electron chi connectivity index (χ3n) is 8.89. The van der Waals surface area contributed by atoms with Crippen LogP contribution in [-0.4, -0.2) is 88.0 Å². The molecule has 13 heteroatoms. The van der Waals surface area contributed by atoms with Gasteiger partial charge in [-0.3, -0.25) is 14.6 Å². The molecule has 2 saturated heterocycles. The Hall–Kier alpha value is -3.64. The molecule has 3 heterocycles. The number of hydrogen-bond acceptors (Lipinski definition) is 10. The average molecular weight is 797 g/mol. The lowest BCUT2D eigenvalue weighted by molar-refractivity contribution is -0.163. The van der Waals surface area contributed by atoms with Crippen molar-refractivity contribution in [2.45, 2.75) is 101 Å². The van der Waals surface area contributed by atoms with Crippen molar-refractivity contribution in [1.29, 1.82) is 0 Å². The van der Waals surface area contributed by atoms with Crippen LogP contribution >= 0.6 is 8.15 Å². The van der Waals surface area contributed by atoms with Gasteiger partial charge in [-0.1, -0.05) is 97.2 Å². The first kappa shape index (κ1) is 46.7. The second-order valence-electron chi connectivity index (χ2n) is 13.6. The van der Waals surface area contributed by atoms with Crippen LogP contribution in [0.25, 0.3) is 0 Å². The predicted octanol–water partition coefficient (Wildman–Crippen LogP) is 7.31. The first-order valence-electron chi connectivity index (χ1n) is 19.9. The summed E-state index contributed by atoms with van der Waals surface area (Å²) in [6, 6.07) is 0. The fraction of sp³-hybridized carbons (Fsp3) is 0.558. The van der Waals surface area contributed by atoms with Crippen molar-refractivity contribution < 1.29 is 37.8 Å². The molecule has 3 rings (SSSR count). The topological polar surface area (TPSA) is 166 Å². The second-order valence-corrected chi connectivity index (χ2v) is 15.5. The van der Waals surface area contributed by atoms with Gasteiger partial charge in [0.2, 0.25) is 0 Å². The molecule has 310 valence electrons. The molecule has 56 heavy (non-hydrogen) atoms. The largest absolute Gasteiger partial charge is 0.461 e. The maximum atomic E-state index is 12.2. The summed E-state index contributed by atoms with van der Waals surface area (Å²) in [6.45, 7) is 2.43. The predicted molar refractivity (Wildman–Crippen MR) is 225 cm³/mol. The Morgan fingerprint density at radius 1 is 0.714 bits per heavy atom. The fourth-order valence-corrected chi connectivity index (χ4v) is 7.50. The lowest BCUT2D eigenvalue weighted by Crippen LogP contribution is -2.30. The van der Waals surface area contributed by atoms with Gasteiger partial charge in [-0.2, -0.15) is 0 Å². The number of nitrogens with two attached hydrogens (primary N) is 2. The summed E-state index contributed by atoms with van der Waals surface area (Å²) in [4.78, 5) is 28.5. The van der Waals surface area contributed by atoms with Crippen molar-refractivity contribution in [1.82, 2.24) is 5.32 Å². The summed E-state index contributed by atoms with van der Waals surface area (Å²) in [5, 5.41) is 3.18. The Kier molecular flexibility index (Phi) is 24.0. The molecule has 12 nitrogen and oxygen atoms in total. The SMILES string of the molecule is CNCCC1COC2(C/C=C/C/C=C/CCC(=O)OC/C=C/C/C=C/CC3(C/C=C/C/C=C/COC(=O)CC/C=C/C/C=C/C2)OCP(CCN=C(N)N)O3)O1. The molecule has 0 bridgehead atoms. The third-order valence-corrected chi connectivity index (χ3v) is 10.6. The number of aliphatic imine (C=N–C) groups is 1. The second kappa shape index (κ2) is 28.7. The number of cyclic esters (lactones) is 2. The quantitative estimate of drug-likeness (QED) is 0.0812. The molecular formula is C43H65N4O8P. The summed E-state index contributed by atoms with van der Waals surface area (Å²) in [5.41, 5.74) is 11.0. The molecule has 0 aliphatic carbocycles. The van der Waals surface area contributed by atoms with E-state index < -0.39 is 19.7 Å². The molecule has 0 amide bonds. The van der Waals surface area contributed by atoms with E-state index in [0.29, 0.717) is 83.7 Å². The number of carbonyl (C=O) groups excluding carboxylic acids is 2. The minimum absolute atomic E-state index is 0.0585. The van der Waals surface area contributed by atoms with E-state index in [9.17, 15) is 9.59 Å². The molecule has 2 fully saturated rings. The van der Waals surface area contributed by atoms with Gasteiger partial charge < -0.3 is 45.0 Å². The van der Waals surface area contributed by atoms with E-state index in [-0.39, 0.29) is 37.2 Å². The van der Waals surface area contributed by atoms with Gasteiger partial charge >= 0.3 is 11.9 Å². The van der Waals surface area contributed by atoms with Gasteiger partial charge in [0.25, 0.3) is 0 Å². The number of allylic oxidation sites excluding steroid dienone is 10. The molecule has 5 N–H and O–H groups in total. The summed E-state index contributed by atoms with van der Waals surface area (Å²) < 4.78 is 36.1. The Balaban J connectivity index is 1.55. The number of guanidine groups is 1. The summed E-state index contributed by atoms with van der Waals surface area (Å²) in [5.74, 6) is -1.80. The fourth-order valence-electron chi connectivity index (χ4n) is 5.85. The van der Waals surface area contributed by atoms with E-state index >= 15 is 0 Å². The van der Waals surface area contributed by atoms with Crippen LogP contribution in [0.5, 0.6) is 0 Å². The third kappa shape index (κ3) is 21.0. The number of esters is 2. The smallest absolute Gasteiger partial charge is 0.306 e. The first-order chi connectivity index (χ1) is 27.3. The van der Waals surface area contributed by atoms with Gasteiger partial charge in [0, 0.05) is 51.2 Å². The molecule has 0 radical (unpaired) electrons. The number of rotatable bonds is 6. The van der Waals surface area contributed by atoms with Crippen LogP contribution in [0.2, 0.25) is 0 Å². The van der Waals surface area contributed by atoms with Crippen LogP contribution in [0.3, 0.4) is 0 Å². The van der Waals surface area contributed by atoms with Crippen LogP contribution in [0, 0.1) is 0 Å². The molecule has 2 atom stereocenters. The zero-order valence-electron chi connectivity index (χ0n) is 33.3. The van der Waals surface area contributed by atoms with E-state index in [4.69, 9.17) is 39.7 Å². The maximum Gasteiger partial charge on any atom is 0.306 e. The average Bonchev–Trinajstić information content (AvgIpc) is 3.78. The molecule has 0 aromatic rings. The number of carbonyl (C=O) groups is 2. The van der Waals surface area contributed by atoms with Crippen molar-refractivity contribution in [2.75, 3.05) is 52.5 Å². The molecule has 2 unspecified atom stereocenters. The van der Waals surface area contributed by atoms with Gasteiger partial charge in [-0.25, -0.2) is 0 Å². The van der Waals surface area contributed by atoms with Gasteiger partial charge in [-0.15, -0.1) is 0 Å². The highest BCUT2D eigenvalue weighted by atomic mass is 31.1. The normalized spacial score (nSPS) is 32.0. The lowest BCUT2D eigenvalue weighted by atomic mass is 10.1. The molecule has 3 aliphatic heterocycles. The number of nitrogens with one attached hydrogen (secondary N) is 1. The van der Waals surface area contributed by atoms with Crippen LogP contribution in [0.1, 0.15) is 83.5 Å². The van der Waals surface area contributed by atoms with Crippen LogP contribution in [0.15, 0.2) is 102 Å². The molecule has 0 saturated carbocycles. The van der Waals surface area contributed by atoms with Crippen LogP contribution in [-0.2, 0) is 37.8 Å². The number of hydrogen-bond donors (Lipinski definition) is 3. The number of nitrogens with zero attached hydrogens (tertiary/aromatic N) is 1. The first-order valence-corrected chi connectivity index (χ1v) is 21.6. The molecule has 2 spiro atoms. The Labute approximate surface area is 335 Å². The molecule has 3 aliphatic rings. The molecule has 0 aromatic carbocycles. The van der Waals surface area contributed by atoms with Crippen LogP contribution in [0.4, 0.5) is 0 Å². The minimum atomic E-state index is -0.821.